The van der Waals surface area contributed by atoms with Gasteiger partial charge in [0.15, 0.2) is 0 Å². The molecule has 1 amide bonds. The van der Waals surface area contributed by atoms with Crippen LogP contribution in [0.3, 0.4) is 0 Å². The van der Waals surface area contributed by atoms with E-state index in [4.69, 9.17) is 33.1 Å². The fraction of sp³-hybridized carbons (Fsp3) is 0.304. The molecule has 0 aromatic heterocycles. The number of likely N-dealkylation sites (N-methyl/N-ethyl adjacent to an activating group) is 1. The van der Waals surface area contributed by atoms with E-state index in [0.29, 0.717) is 10.7 Å². The molecule has 0 aliphatic heterocycles. The highest BCUT2D eigenvalue weighted by atomic mass is 35.5. The van der Waals surface area contributed by atoms with Gasteiger partial charge in [-0.3, -0.25) is 9.59 Å². The highest BCUT2D eigenvalue weighted by molar-refractivity contribution is 6.33. The van der Waals surface area contributed by atoms with Gasteiger partial charge in [0.05, 0.1) is 21.3 Å². The summed E-state index contributed by atoms with van der Waals surface area (Å²) >= 11 is 12.1. The summed E-state index contributed by atoms with van der Waals surface area (Å²) in [6.45, 7) is 7.49. The molecule has 0 atom stereocenters. The van der Waals surface area contributed by atoms with E-state index in [1.165, 1.54) is 0 Å². The second-order valence-corrected chi connectivity index (χ2v) is 7.46. The first-order chi connectivity index (χ1) is 16.0. The molecule has 0 fully saturated rings. The minimum atomic E-state index is -4.50. The Morgan fingerprint density at radius 1 is 1.12 bits per heavy atom. The zero-order chi connectivity index (χ0) is 25.7. The number of nitrogens with one attached hydrogen (secondary N) is 2. The summed E-state index contributed by atoms with van der Waals surface area (Å²) in [4.78, 5) is 22.7. The standard InChI is InChI=1S/C22H22Cl2F3N3O.CH2O2/c1-3-30(4-2)12-11-28-20-9-8-17(14-19(20)24)29-21(31)10-6-15-5-7-16(13-18(15)23)22(25,26)27;2-1-3/h5,7-9,13-14,28H,3-4,11-12H2,1-2H3,(H,29,31);1H,(H,2,3). The lowest BCUT2D eigenvalue weighted by Crippen LogP contribution is -2.28. The van der Waals surface area contributed by atoms with Crippen LogP contribution >= 0.6 is 23.2 Å². The van der Waals surface area contributed by atoms with Crippen LogP contribution in [-0.2, 0) is 15.8 Å². The summed E-state index contributed by atoms with van der Waals surface area (Å²) < 4.78 is 38.0. The third-order valence-electron chi connectivity index (χ3n) is 4.47. The van der Waals surface area contributed by atoms with E-state index in [1.54, 1.807) is 18.2 Å². The number of benzene rings is 2. The Morgan fingerprint density at radius 2 is 1.76 bits per heavy atom. The molecule has 6 nitrogen and oxygen atoms in total. The molecular formula is C23H24Cl2F3N3O3. The van der Waals surface area contributed by atoms with Crippen LogP contribution in [-0.4, -0.2) is 48.6 Å². The topological polar surface area (TPSA) is 81.7 Å². The van der Waals surface area contributed by atoms with E-state index >= 15 is 0 Å². The molecule has 0 unspecified atom stereocenters. The van der Waals surface area contributed by atoms with Crippen LogP contribution in [0.5, 0.6) is 0 Å². The van der Waals surface area contributed by atoms with Crippen LogP contribution in [0, 0.1) is 11.8 Å². The number of anilines is 2. The summed E-state index contributed by atoms with van der Waals surface area (Å²) in [5, 5.41) is 13.0. The van der Waals surface area contributed by atoms with E-state index in [-0.39, 0.29) is 17.1 Å². The molecule has 11 heteroatoms. The zero-order valence-electron chi connectivity index (χ0n) is 18.5. The molecule has 0 heterocycles. The molecule has 0 saturated carbocycles. The summed E-state index contributed by atoms with van der Waals surface area (Å²) in [6, 6.07) is 7.78. The molecule has 184 valence electrons. The minimum absolute atomic E-state index is 0.121. The molecule has 0 aliphatic carbocycles. The molecule has 0 spiro atoms. The van der Waals surface area contributed by atoms with Crippen molar-refractivity contribution in [2.24, 2.45) is 0 Å². The van der Waals surface area contributed by atoms with Gasteiger partial charge in [0.25, 0.3) is 6.47 Å². The lowest BCUT2D eigenvalue weighted by atomic mass is 10.1. The van der Waals surface area contributed by atoms with E-state index in [1.807, 2.05) is 0 Å². The highest BCUT2D eigenvalue weighted by Crippen LogP contribution is 2.32. The van der Waals surface area contributed by atoms with E-state index in [2.05, 4.69) is 41.2 Å². The van der Waals surface area contributed by atoms with Gasteiger partial charge in [0.1, 0.15) is 0 Å². The fourth-order valence-corrected chi connectivity index (χ4v) is 3.18. The number of halogens is 5. The van der Waals surface area contributed by atoms with Crippen molar-refractivity contribution in [3.05, 3.63) is 57.6 Å². The lowest BCUT2D eigenvalue weighted by molar-refractivity contribution is -0.137. The fourth-order valence-electron chi connectivity index (χ4n) is 2.70. The smallest absolute Gasteiger partial charge is 0.416 e. The first-order valence-electron chi connectivity index (χ1n) is 10.1. The van der Waals surface area contributed by atoms with Gasteiger partial charge < -0.3 is 20.6 Å². The van der Waals surface area contributed by atoms with Gasteiger partial charge in [-0.15, -0.1) is 0 Å². The molecule has 34 heavy (non-hydrogen) atoms. The molecule has 2 aromatic carbocycles. The van der Waals surface area contributed by atoms with E-state index < -0.39 is 17.6 Å². The van der Waals surface area contributed by atoms with Crippen LogP contribution in [0.2, 0.25) is 10.0 Å². The molecule has 0 saturated heterocycles. The number of hydrogen-bond acceptors (Lipinski definition) is 4. The average Bonchev–Trinajstić information content (AvgIpc) is 2.77. The molecule has 3 N–H and O–H groups in total. The van der Waals surface area contributed by atoms with Gasteiger partial charge >= 0.3 is 12.1 Å². The van der Waals surface area contributed by atoms with Crippen LogP contribution in [0.15, 0.2) is 36.4 Å². The third-order valence-corrected chi connectivity index (χ3v) is 5.10. The summed E-state index contributed by atoms with van der Waals surface area (Å²) in [6.07, 6.45) is -4.50. The number of carbonyl (C=O) groups is 2. The molecule has 0 radical (unpaired) electrons. The first kappa shape index (κ1) is 29.1. The van der Waals surface area contributed by atoms with E-state index in [0.717, 1.165) is 50.1 Å². The second kappa shape index (κ2) is 14.4. The Hall–Kier alpha value is -2.93. The quantitative estimate of drug-likeness (QED) is 0.335. The van der Waals surface area contributed by atoms with Crippen molar-refractivity contribution in [3.8, 4) is 11.8 Å². The maximum absolute atomic E-state index is 12.7. The van der Waals surface area contributed by atoms with Crippen molar-refractivity contribution in [1.82, 2.24) is 4.90 Å². The van der Waals surface area contributed by atoms with Crippen molar-refractivity contribution >= 4 is 47.0 Å². The van der Waals surface area contributed by atoms with Crippen molar-refractivity contribution < 1.29 is 27.9 Å². The highest BCUT2D eigenvalue weighted by Gasteiger charge is 2.30. The molecule has 0 aliphatic rings. The van der Waals surface area contributed by atoms with E-state index in [9.17, 15) is 18.0 Å². The summed E-state index contributed by atoms with van der Waals surface area (Å²) in [5.74, 6) is 4.14. The molecule has 2 rings (SSSR count). The van der Waals surface area contributed by atoms with Crippen molar-refractivity contribution in [3.63, 3.8) is 0 Å². The maximum Gasteiger partial charge on any atom is 0.416 e. The molecule has 0 bridgehead atoms. The number of carbonyl (C=O) groups excluding carboxylic acids is 1. The van der Waals surface area contributed by atoms with Gasteiger partial charge in [0.2, 0.25) is 0 Å². The van der Waals surface area contributed by atoms with Crippen LogP contribution in [0.25, 0.3) is 0 Å². The SMILES string of the molecule is CCN(CC)CCNc1ccc(NC(=O)C#Cc2ccc(C(F)(F)F)cc2Cl)cc1Cl.O=CO. The number of nitrogens with zero attached hydrogens (tertiary/aromatic N) is 1. The summed E-state index contributed by atoms with van der Waals surface area (Å²) in [5.41, 5.74) is 0.426. The first-order valence-corrected chi connectivity index (χ1v) is 10.8. The minimum Gasteiger partial charge on any atom is -0.483 e. The maximum atomic E-state index is 12.7. The predicted octanol–water partition coefficient (Wildman–Crippen LogP) is 5.46. The van der Waals surface area contributed by atoms with Crippen LogP contribution in [0.1, 0.15) is 25.0 Å². The van der Waals surface area contributed by atoms with Gasteiger partial charge in [0, 0.05) is 30.3 Å². The number of carboxylic acid groups (broad SMARTS) is 1. The largest absolute Gasteiger partial charge is 0.483 e. The Balaban J connectivity index is 0.00000182. The number of rotatable bonds is 7. The molecular weight excluding hydrogens is 494 g/mol. The van der Waals surface area contributed by atoms with Crippen molar-refractivity contribution in [2.75, 3.05) is 36.8 Å². The Kier molecular flexibility index (Phi) is 12.3. The van der Waals surface area contributed by atoms with Crippen molar-refractivity contribution in [1.29, 1.82) is 0 Å². The number of alkyl halides is 3. The zero-order valence-corrected chi connectivity index (χ0v) is 20.0. The van der Waals surface area contributed by atoms with Gasteiger partial charge in [-0.05, 0) is 49.5 Å². The summed E-state index contributed by atoms with van der Waals surface area (Å²) in [7, 11) is 0. The van der Waals surface area contributed by atoms with Gasteiger partial charge in [-0.25, -0.2) is 0 Å². The Morgan fingerprint density at radius 3 is 2.29 bits per heavy atom. The van der Waals surface area contributed by atoms with Crippen molar-refractivity contribution in [2.45, 2.75) is 20.0 Å². The predicted molar refractivity (Wildman–Crippen MR) is 128 cm³/mol. The van der Waals surface area contributed by atoms with Gasteiger partial charge in [-0.1, -0.05) is 43.0 Å². The Bertz CT molecular complexity index is 1030. The third kappa shape index (κ3) is 9.91. The normalized spacial score (nSPS) is 10.5. The monoisotopic (exact) mass is 517 g/mol. The van der Waals surface area contributed by atoms with Crippen LogP contribution in [0.4, 0.5) is 24.5 Å². The van der Waals surface area contributed by atoms with Gasteiger partial charge in [-0.2, -0.15) is 13.2 Å². The number of hydrogen-bond donors (Lipinski definition) is 3. The average molecular weight is 518 g/mol. The van der Waals surface area contributed by atoms with Crippen LogP contribution < -0.4 is 10.6 Å². The number of amides is 1. The molecule has 2 aromatic rings. The lowest BCUT2D eigenvalue weighted by Gasteiger charge is -2.18. The Labute approximate surface area is 206 Å². The second-order valence-electron chi connectivity index (χ2n) is 6.65.